The van der Waals surface area contributed by atoms with Crippen LogP contribution in [0.3, 0.4) is 0 Å². The molecule has 1 N–H and O–H groups in total. The molecule has 4 nitrogen and oxygen atoms in total. The van der Waals surface area contributed by atoms with Crippen molar-refractivity contribution in [3.63, 3.8) is 0 Å². The Balaban J connectivity index is 1.74. The number of nitriles is 1. The lowest BCUT2D eigenvalue weighted by atomic mass is 10.2. The van der Waals surface area contributed by atoms with Crippen LogP contribution in [0.5, 0.6) is 0 Å². The average molecular weight is 209 g/mol. The quantitative estimate of drug-likeness (QED) is 0.726. The fraction of sp³-hybridized carbons (Fsp3) is 0.909. The summed E-state index contributed by atoms with van der Waals surface area (Å²) in [4.78, 5) is 2.44. The summed E-state index contributed by atoms with van der Waals surface area (Å²) in [6.45, 7) is 3.12. The molecule has 0 spiro atoms. The molecule has 0 amide bonds. The maximum Gasteiger partial charge on any atom is 0.0962 e. The van der Waals surface area contributed by atoms with Gasteiger partial charge in [0.25, 0.3) is 0 Å². The molecule has 15 heavy (non-hydrogen) atoms. The minimum Gasteiger partial charge on any atom is -0.372 e. The zero-order chi connectivity index (χ0) is 10.7. The lowest BCUT2D eigenvalue weighted by molar-refractivity contribution is -0.0386. The predicted octanol–water partition coefficient (Wildman–Crippen LogP) is 0.351. The number of hydrogen-bond acceptors (Lipinski definition) is 4. The molecule has 3 atom stereocenters. The summed E-state index contributed by atoms with van der Waals surface area (Å²) in [5.41, 5.74) is 0. The molecule has 0 aromatic carbocycles. The van der Waals surface area contributed by atoms with Crippen LogP contribution in [0, 0.1) is 11.3 Å². The molecule has 0 aromatic rings. The Morgan fingerprint density at radius 2 is 2.13 bits per heavy atom. The van der Waals surface area contributed by atoms with E-state index >= 15 is 0 Å². The number of ether oxygens (including phenoxy) is 1. The van der Waals surface area contributed by atoms with E-state index < -0.39 is 0 Å². The first-order valence-corrected chi connectivity index (χ1v) is 5.76. The molecule has 4 heteroatoms. The van der Waals surface area contributed by atoms with Gasteiger partial charge in [-0.25, -0.2) is 0 Å². The van der Waals surface area contributed by atoms with E-state index in [9.17, 15) is 0 Å². The molecular formula is C11H19N3O. The molecule has 2 aliphatic rings. The molecule has 0 aliphatic carbocycles. The van der Waals surface area contributed by atoms with Gasteiger partial charge in [0.1, 0.15) is 0 Å². The first kappa shape index (κ1) is 10.9. The van der Waals surface area contributed by atoms with Gasteiger partial charge in [-0.3, -0.25) is 4.90 Å². The van der Waals surface area contributed by atoms with Crippen LogP contribution in [-0.2, 0) is 4.74 Å². The number of nitrogens with one attached hydrogen (secondary N) is 1. The Bertz CT molecular complexity index is 239. The first-order chi connectivity index (χ1) is 7.31. The molecule has 2 fully saturated rings. The van der Waals surface area contributed by atoms with Gasteiger partial charge in [-0.1, -0.05) is 0 Å². The summed E-state index contributed by atoms with van der Waals surface area (Å²) in [5, 5.41) is 11.8. The van der Waals surface area contributed by atoms with Gasteiger partial charge in [0.05, 0.1) is 24.3 Å². The van der Waals surface area contributed by atoms with Gasteiger partial charge in [0.15, 0.2) is 0 Å². The van der Waals surface area contributed by atoms with Crippen molar-refractivity contribution in [2.24, 2.45) is 0 Å². The van der Waals surface area contributed by atoms with Crippen molar-refractivity contribution in [1.82, 2.24) is 10.2 Å². The van der Waals surface area contributed by atoms with E-state index in [0.29, 0.717) is 12.2 Å². The normalized spacial score (nSPS) is 32.5. The largest absolute Gasteiger partial charge is 0.372 e. The van der Waals surface area contributed by atoms with Crippen molar-refractivity contribution in [1.29, 1.82) is 5.26 Å². The third kappa shape index (κ3) is 2.69. The van der Waals surface area contributed by atoms with Gasteiger partial charge in [-0.15, -0.1) is 0 Å². The summed E-state index contributed by atoms with van der Waals surface area (Å²) in [5.74, 6) is 0. The summed E-state index contributed by atoms with van der Waals surface area (Å²) in [6.07, 6.45) is 4.26. The van der Waals surface area contributed by atoms with Crippen molar-refractivity contribution < 1.29 is 4.74 Å². The van der Waals surface area contributed by atoms with Crippen LogP contribution in [-0.4, -0.2) is 49.8 Å². The standard InChI is InChI=1S/C11H19N3O/c1-13-9(6-12)4-5-14-7-10-2-3-11(8-14)15-10/h9-11,13H,2-5,7-8H2,1H3. The van der Waals surface area contributed by atoms with Crippen LogP contribution in [0.4, 0.5) is 0 Å². The fourth-order valence-corrected chi connectivity index (χ4v) is 2.47. The average Bonchev–Trinajstić information content (AvgIpc) is 2.60. The van der Waals surface area contributed by atoms with Crippen molar-refractivity contribution in [2.75, 3.05) is 26.7 Å². The second-order valence-corrected chi connectivity index (χ2v) is 4.48. The molecule has 2 rings (SSSR count). The maximum atomic E-state index is 8.82. The number of rotatable bonds is 4. The van der Waals surface area contributed by atoms with E-state index in [-0.39, 0.29) is 6.04 Å². The Labute approximate surface area is 91.2 Å². The van der Waals surface area contributed by atoms with E-state index in [4.69, 9.17) is 10.00 Å². The van der Waals surface area contributed by atoms with E-state index in [2.05, 4.69) is 16.3 Å². The van der Waals surface area contributed by atoms with E-state index in [1.54, 1.807) is 0 Å². The first-order valence-electron chi connectivity index (χ1n) is 5.76. The van der Waals surface area contributed by atoms with Gasteiger partial charge >= 0.3 is 0 Å². The second kappa shape index (κ2) is 4.93. The molecule has 0 radical (unpaired) electrons. The molecule has 2 saturated heterocycles. The maximum absolute atomic E-state index is 8.82. The Kier molecular flexibility index (Phi) is 3.57. The van der Waals surface area contributed by atoms with Crippen LogP contribution >= 0.6 is 0 Å². The predicted molar refractivity (Wildman–Crippen MR) is 57.4 cm³/mol. The van der Waals surface area contributed by atoms with Gasteiger partial charge in [0.2, 0.25) is 0 Å². The fourth-order valence-electron chi connectivity index (χ4n) is 2.47. The molecule has 2 bridgehead atoms. The lowest BCUT2D eigenvalue weighted by Gasteiger charge is -2.32. The van der Waals surface area contributed by atoms with Crippen LogP contribution < -0.4 is 5.32 Å². The molecule has 2 heterocycles. The van der Waals surface area contributed by atoms with Crippen LogP contribution in [0.15, 0.2) is 0 Å². The molecule has 0 saturated carbocycles. The third-order valence-corrected chi connectivity index (χ3v) is 3.36. The number of fused-ring (bicyclic) bond motifs is 2. The molecular weight excluding hydrogens is 190 g/mol. The summed E-state index contributed by atoms with van der Waals surface area (Å²) < 4.78 is 5.76. The van der Waals surface area contributed by atoms with Crippen molar-refractivity contribution >= 4 is 0 Å². The minimum atomic E-state index is -0.00880. The summed E-state index contributed by atoms with van der Waals surface area (Å²) in [6, 6.07) is 2.25. The highest BCUT2D eigenvalue weighted by Gasteiger charge is 2.33. The summed E-state index contributed by atoms with van der Waals surface area (Å²) >= 11 is 0. The van der Waals surface area contributed by atoms with Gasteiger partial charge < -0.3 is 10.1 Å². The number of morpholine rings is 1. The van der Waals surface area contributed by atoms with Gasteiger partial charge in [0, 0.05) is 19.6 Å². The minimum absolute atomic E-state index is 0.00880. The SMILES string of the molecule is CNC(C#N)CCN1CC2CCC(C1)O2. The molecule has 0 aromatic heterocycles. The second-order valence-electron chi connectivity index (χ2n) is 4.48. The Morgan fingerprint density at radius 1 is 1.47 bits per heavy atom. The third-order valence-electron chi connectivity index (χ3n) is 3.36. The molecule has 84 valence electrons. The highest BCUT2D eigenvalue weighted by molar-refractivity contribution is 4.91. The van der Waals surface area contributed by atoms with Crippen LogP contribution in [0.2, 0.25) is 0 Å². The number of likely N-dealkylation sites (tertiary alicyclic amines) is 1. The summed E-state index contributed by atoms with van der Waals surface area (Å²) in [7, 11) is 1.84. The zero-order valence-corrected chi connectivity index (χ0v) is 9.28. The molecule has 2 aliphatic heterocycles. The lowest BCUT2D eigenvalue weighted by Crippen LogP contribution is -2.44. The van der Waals surface area contributed by atoms with Crippen molar-refractivity contribution in [2.45, 2.75) is 37.5 Å². The van der Waals surface area contributed by atoms with E-state index in [0.717, 1.165) is 26.1 Å². The highest BCUT2D eigenvalue weighted by atomic mass is 16.5. The topological polar surface area (TPSA) is 48.3 Å². The number of nitrogens with zero attached hydrogens (tertiary/aromatic N) is 2. The monoisotopic (exact) mass is 209 g/mol. The van der Waals surface area contributed by atoms with Crippen LogP contribution in [0.25, 0.3) is 0 Å². The van der Waals surface area contributed by atoms with Crippen LogP contribution in [0.1, 0.15) is 19.3 Å². The van der Waals surface area contributed by atoms with Crippen molar-refractivity contribution in [3.8, 4) is 6.07 Å². The Morgan fingerprint density at radius 3 is 2.67 bits per heavy atom. The Hall–Kier alpha value is -0.630. The zero-order valence-electron chi connectivity index (χ0n) is 9.28. The van der Waals surface area contributed by atoms with Gasteiger partial charge in [-0.2, -0.15) is 5.26 Å². The smallest absolute Gasteiger partial charge is 0.0962 e. The van der Waals surface area contributed by atoms with E-state index in [1.807, 2.05) is 7.05 Å². The van der Waals surface area contributed by atoms with Crippen molar-refractivity contribution in [3.05, 3.63) is 0 Å². The van der Waals surface area contributed by atoms with Gasteiger partial charge in [-0.05, 0) is 26.3 Å². The molecule has 3 unspecified atom stereocenters. The van der Waals surface area contributed by atoms with E-state index in [1.165, 1.54) is 12.8 Å². The number of hydrogen-bond donors (Lipinski definition) is 1. The highest BCUT2D eigenvalue weighted by Crippen LogP contribution is 2.26.